The largest absolute Gasteiger partial charge is 0.372 e. The predicted octanol–water partition coefficient (Wildman–Crippen LogP) is 3.05. The second-order valence-electron chi connectivity index (χ2n) is 3.87. The molecule has 0 bridgehead atoms. The highest BCUT2D eigenvalue weighted by Crippen LogP contribution is 2.25. The lowest BCUT2D eigenvalue weighted by Crippen LogP contribution is -2.36. The fourth-order valence-electron chi connectivity index (χ4n) is 1.55. The number of halogens is 1. The van der Waals surface area contributed by atoms with Gasteiger partial charge in [-0.25, -0.2) is 0 Å². The van der Waals surface area contributed by atoms with Gasteiger partial charge in [-0.15, -0.1) is 0 Å². The number of rotatable bonds is 5. The molecule has 4 heteroatoms. The van der Waals surface area contributed by atoms with Crippen LogP contribution >= 0.6 is 15.9 Å². The normalized spacial score (nSPS) is 14.1. The van der Waals surface area contributed by atoms with Gasteiger partial charge in [0.2, 0.25) is 5.91 Å². The van der Waals surface area contributed by atoms with E-state index in [2.05, 4.69) is 21.2 Å². The summed E-state index contributed by atoms with van der Waals surface area (Å²) < 4.78 is 6.01. The molecule has 0 radical (unpaired) electrons. The van der Waals surface area contributed by atoms with Crippen LogP contribution in [0.3, 0.4) is 0 Å². The highest BCUT2D eigenvalue weighted by Gasteiger charge is 2.18. The molecule has 0 aliphatic rings. The molecule has 1 rings (SSSR count). The Hall–Kier alpha value is -0.870. The highest BCUT2D eigenvalue weighted by molar-refractivity contribution is 9.10. The van der Waals surface area contributed by atoms with Crippen LogP contribution in [0.5, 0.6) is 0 Å². The van der Waals surface area contributed by atoms with Crippen molar-refractivity contribution in [2.45, 2.75) is 32.4 Å². The first-order valence-corrected chi connectivity index (χ1v) is 6.47. The summed E-state index contributed by atoms with van der Waals surface area (Å²) in [6.07, 6.45) is 0.414. The summed E-state index contributed by atoms with van der Waals surface area (Å²) in [5.41, 5.74) is 1.09. The number of amides is 1. The SMILES string of the molecule is CC[C@H](NC(=O)[C@H](C)OC)c1ccccc1Br. The molecule has 0 saturated carbocycles. The number of hydrogen-bond acceptors (Lipinski definition) is 2. The second-order valence-corrected chi connectivity index (χ2v) is 4.72. The van der Waals surface area contributed by atoms with E-state index in [1.165, 1.54) is 7.11 Å². The van der Waals surface area contributed by atoms with E-state index in [-0.39, 0.29) is 11.9 Å². The van der Waals surface area contributed by atoms with Gasteiger partial charge in [-0.2, -0.15) is 0 Å². The van der Waals surface area contributed by atoms with Crippen molar-refractivity contribution in [3.8, 4) is 0 Å². The maximum atomic E-state index is 11.8. The van der Waals surface area contributed by atoms with Crippen LogP contribution in [0.1, 0.15) is 31.9 Å². The zero-order chi connectivity index (χ0) is 12.8. The standard InChI is InChI=1S/C13H18BrNO2/c1-4-12(15-13(16)9(2)17-3)10-7-5-6-8-11(10)14/h5-9,12H,4H2,1-3H3,(H,15,16)/t9-,12-/m0/s1. The van der Waals surface area contributed by atoms with E-state index in [4.69, 9.17) is 4.74 Å². The van der Waals surface area contributed by atoms with Gasteiger partial charge in [0.1, 0.15) is 6.10 Å². The first-order valence-electron chi connectivity index (χ1n) is 5.67. The fraction of sp³-hybridized carbons (Fsp3) is 0.462. The molecule has 0 aliphatic carbocycles. The summed E-state index contributed by atoms with van der Waals surface area (Å²) in [6, 6.07) is 7.92. The topological polar surface area (TPSA) is 38.3 Å². The summed E-state index contributed by atoms with van der Waals surface area (Å²) in [6.45, 7) is 3.78. The third-order valence-electron chi connectivity index (χ3n) is 2.73. The van der Waals surface area contributed by atoms with Gasteiger partial charge in [0.05, 0.1) is 6.04 Å². The zero-order valence-corrected chi connectivity index (χ0v) is 12.0. The van der Waals surface area contributed by atoms with Crippen LogP contribution in [-0.2, 0) is 9.53 Å². The Labute approximate surface area is 111 Å². The smallest absolute Gasteiger partial charge is 0.249 e. The predicted molar refractivity (Wildman–Crippen MR) is 71.8 cm³/mol. The molecular formula is C13H18BrNO2. The van der Waals surface area contributed by atoms with Gasteiger partial charge in [-0.1, -0.05) is 41.1 Å². The summed E-state index contributed by atoms with van der Waals surface area (Å²) in [5, 5.41) is 2.98. The van der Waals surface area contributed by atoms with Crippen LogP contribution in [0, 0.1) is 0 Å². The van der Waals surface area contributed by atoms with Gasteiger partial charge in [0.15, 0.2) is 0 Å². The molecular weight excluding hydrogens is 282 g/mol. The van der Waals surface area contributed by atoms with Crippen molar-refractivity contribution in [2.75, 3.05) is 7.11 Å². The molecule has 94 valence electrons. The molecule has 17 heavy (non-hydrogen) atoms. The first kappa shape index (κ1) is 14.2. The van der Waals surface area contributed by atoms with Crippen LogP contribution in [0.25, 0.3) is 0 Å². The van der Waals surface area contributed by atoms with Crippen molar-refractivity contribution < 1.29 is 9.53 Å². The van der Waals surface area contributed by atoms with Crippen LogP contribution in [0.4, 0.5) is 0 Å². The lowest BCUT2D eigenvalue weighted by molar-refractivity contribution is -0.130. The number of carbonyl (C=O) groups is 1. The van der Waals surface area contributed by atoms with E-state index in [9.17, 15) is 4.79 Å². The first-order chi connectivity index (χ1) is 8.10. The number of methoxy groups -OCH3 is 1. The molecule has 0 spiro atoms. The van der Waals surface area contributed by atoms with Crippen molar-refractivity contribution >= 4 is 21.8 Å². The quantitative estimate of drug-likeness (QED) is 0.907. The lowest BCUT2D eigenvalue weighted by atomic mass is 10.0. The Morgan fingerprint density at radius 3 is 2.65 bits per heavy atom. The maximum Gasteiger partial charge on any atom is 0.249 e. The molecule has 0 saturated heterocycles. The van der Waals surface area contributed by atoms with E-state index in [1.807, 2.05) is 31.2 Å². The third kappa shape index (κ3) is 3.82. The maximum absolute atomic E-state index is 11.8. The number of benzene rings is 1. The van der Waals surface area contributed by atoms with E-state index < -0.39 is 6.10 Å². The average Bonchev–Trinajstić information content (AvgIpc) is 2.35. The summed E-state index contributed by atoms with van der Waals surface area (Å²) in [7, 11) is 1.53. The summed E-state index contributed by atoms with van der Waals surface area (Å²) in [4.78, 5) is 11.8. The van der Waals surface area contributed by atoms with Crippen molar-refractivity contribution in [2.24, 2.45) is 0 Å². The highest BCUT2D eigenvalue weighted by atomic mass is 79.9. The molecule has 0 aliphatic heterocycles. The van der Waals surface area contributed by atoms with E-state index in [0.717, 1.165) is 16.5 Å². The Morgan fingerprint density at radius 1 is 1.47 bits per heavy atom. The van der Waals surface area contributed by atoms with Gasteiger partial charge < -0.3 is 10.1 Å². The molecule has 1 N–H and O–H groups in total. The molecule has 0 aromatic heterocycles. The molecule has 1 aromatic carbocycles. The van der Waals surface area contributed by atoms with Crippen LogP contribution in [0.2, 0.25) is 0 Å². The van der Waals surface area contributed by atoms with Crippen molar-refractivity contribution in [3.63, 3.8) is 0 Å². The molecule has 2 atom stereocenters. The molecule has 0 fully saturated rings. The van der Waals surface area contributed by atoms with E-state index in [0.29, 0.717) is 0 Å². The Morgan fingerprint density at radius 2 is 2.12 bits per heavy atom. The van der Waals surface area contributed by atoms with Crippen molar-refractivity contribution in [1.29, 1.82) is 0 Å². The van der Waals surface area contributed by atoms with Gasteiger partial charge >= 0.3 is 0 Å². The number of carbonyl (C=O) groups excluding carboxylic acids is 1. The Balaban J connectivity index is 2.79. The van der Waals surface area contributed by atoms with Crippen molar-refractivity contribution in [3.05, 3.63) is 34.3 Å². The fourth-order valence-corrected chi connectivity index (χ4v) is 2.11. The third-order valence-corrected chi connectivity index (χ3v) is 3.45. The van der Waals surface area contributed by atoms with Gasteiger partial charge in [0.25, 0.3) is 0 Å². The minimum Gasteiger partial charge on any atom is -0.372 e. The molecule has 0 heterocycles. The molecule has 3 nitrogen and oxygen atoms in total. The molecule has 0 unspecified atom stereocenters. The number of nitrogens with one attached hydrogen (secondary N) is 1. The molecule has 1 amide bonds. The van der Waals surface area contributed by atoms with Crippen molar-refractivity contribution in [1.82, 2.24) is 5.32 Å². The molecule has 1 aromatic rings. The monoisotopic (exact) mass is 299 g/mol. The van der Waals surface area contributed by atoms with Crippen LogP contribution in [0.15, 0.2) is 28.7 Å². The van der Waals surface area contributed by atoms with E-state index in [1.54, 1.807) is 6.92 Å². The number of ether oxygens (including phenoxy) is 1. The summed E-state index contributed by atoms with van der Waals surface area (Å²) in [5.74, 6) is -0.0879. The van der Waals surface area contributed by atoms with Gasteiger partial charge in [0, 0.05) is 11.6 Å². The van der Waals surface area contributed by atoms with Crippen LogP contribution in [-0.4, -0.2) is 19.1 Å². The van der Waals surface area contributed by atoms with Gasteiger partial charge in [-0.05, 0) is 25.0 Å². The summed E-state index contributed by atoms with van der Waals surface area (Å²) >= 11 is 3.50. The Bertz CT molecular complexity index is 381. The number of hydrogen-bond donors (Lipinski definition) is 1. The average molecular weight is 300 g/mol. The zero-order valence-electron chi connectivity index (χ0n) is 10.4. The lowest BCUT2D eigenvalue weighted by Gasteiger charge is -2.20. The minimum absolute atomic E-state index is 0.00988. The van der Waals surface area contributed by atoms with E-state index >= 15 is 0 Å². The Kier molecular flexibility index (Phi) is 5.65. The van der Waals surface area contributed by atoms with Gasteiger partial charge in [-0.3, -0.25) is 4.79 Å². The second kappa shape index (κ2) is 6.77. The minimum atomic E-state index is -0.425. The van der Waals surface area contributed by atoms with Crippen LogP contribution < -0.4 is 5.32 Å².